The summed E-state index contributed by atoms with van der Waals surface area (Å²) >= 11 is 7.51. The quantitative estimate of drug-likeness (QED) is 0.897. The van der Waals surface area contributed by atoms with Gasteiger partial charge in [-0.3, -0.25) is 10.1 Å². The number of hydrogen-bond acceptors (Lipinski definition) is 4. The molecule has 0 bridgehead atoms. The Morgan fingerprint density at radius 2 is 2.30 bits per heavy atom. The smallest absolute Gasteiger partial charge is 0.257 e. The largest absolute Gasteiger partial charge is 0.311 e. The number of aromatic nitrogens is 1. The molecular weight excluding hydrogens is 294 g/mol. The van der Waals surface area contributed by atoms with Crippen molar-refractivity contribution in [2.45, 2.75) is 19.9 Å². The summed E-state index contributed by atoms with van der Waals surface area (Å²) in [6.07, 6.45) is 0.915. The molecule has 0 radical (unpaired) electrons. The van der Waals surface area contributed by atoms with Gasteiger partial charge < -0.3 is 5.32 Å². The number of halogens is 1. The van der Waals surface area contributed by atoms with Gasteiger partial charge in [-0.25, -0.2) is 4.98 Å². The molecule has 104 valence electrons. The van der Waals surface area contributed by atoms with Crippen molar-refractivity contribution >= 4 is 34.0 Å². The molecule has 0 fully saturated rings. The minimum Gasteiger partial charge on any atom is -0.311 e. The van der Waals surface area contributed by atoms with Crippen LogP contribution in [0.25, 0.3) is 0 Å². The Balaban J connectivity index is 1.80. The number of benzene rings is 1. The number of anilines is 1. The lowest BCUT2D eigenvalue weighted by Gasteiger charge is -2.09. The molecule has 1 aliphatic rings. The van der Waals surface area contributed by atoms with Crippen molar-refractivity contribution in [2.24, 2.45) is 0 Å². The highest BCUT2D eigenvalue weighted by Gasteiger charge is 2.16. The van der Waals surface area contributed by atoms with E-state index in [1.54, 1.807) is 6.07 Å². The summed E-state index contributed by atoms with van der Waals surface area (Å²) in [6.45, 7) is 3.69. The summed E-state index contributed by atoms with van der Waals surface area (Å²) in [4.78, 5) is 17.9. The number of fused-ring (bicyclic) bond motifs is 1. The van der Waals surface area contributed by atoms with Gasteiger partial charge in [-0.1, -0.05) is 11.6 Å². The Morgan fingerprint density at radius 1 is 1.45 bits per heavy atom. The summed E-state index contributed by atoms with van der Waals surface area (Å²) < 4.78 is 0. The minimum atomic E-state index is -0.172. The van der Waals surface area contributed by atoms with Gasteiger partial charge in [0.15, 0.2) is 5.13 Å². The predicted octanol–water partition coefficient (Wildman–Crippen LogP) is 3.00. The van der Waals surface area contributed by atoms with Gasteiger partial charge in [-0.05, 0) is 30.7 Å². The van der Waals surface area contributed by atoms with Gasteiger partial charge in [0.1, 0.15) is 0 Å². The third-order valence-corrected chi connectivity index (χ3v) is 4.36. The van der Waals surface area contributed by atoms with Crippen LogP contribution in [0.5, 0.6) is 0 Å². The van der Waals surface area contributed by atoms with Crippen LogP contribution in [0.2, 0.25) is 5.02 Å². The molecule has 2 N–H and O–H groups in total. The Morgan fingerprint density at radius 3 is 3.05 bits per heavy atom. The maximum absolute atomic E-state index is 12.2. The maximum atomic E-state index is 12.2. The molecule has 20 heavy (non-hydrogen) atoms. The van der Waals surface area contributed by atoms with Gasteiger partial charge >= 0.3 is 0 Å². The fourth-order valence-electron chi connectivity index (χ4n) is 2.22. The second-order valence-corrected chi connectivity index (χ2v) is 6.31. The molecule has 4 nitrogen and oxygen atoms in total. The number of carbonyl (C=O) groups excluding carboxylic acids is 1. The van der Waals surface area contributed by atoms with Gasteiger partial charge in [0.2, 0.25) is 0 Å². The van der Waals surface area contributed by atoms with Crippen LogP contribution >= 0.6 is 22.9 Å². The van der Waals surface area contributed by atoms with Crippen LogP contribution in [0, 0.1) is 6.92 Å². The summed E-state index contributed by atoms with van der Waals surface area (Å²) in [7, 11) is 0. The first-order valence-electron chi connectivity index (χ1n) is 6.39. The van der Waals surface area contributed by atoms with Crippen LogP contribution in [0.1, 0.15) is 26.5 Å². The van der Waals surface area contributed by atoms with Crippen LogP contribution in [-0.2, 0) is 13.0 Å². The molecule has 2 aromatic rings. The van der Waals surface area contributed by atoms with Gasteiger partial charge in [-0.2, -0.15) is 0 Å². The average Bonchev–Trinajstić information content (AvgIpc) is 2.79. The third kappa shape index (κ3) is 2.85. The molecule has 1 amide bonds. The number of nitrogens with zero attached hydrogens (tertiary/aromatic N) is 1. The number of aryl methyl sites for hydroxylation is 1. The molecule has 0 spiro atoms. The van der Waals surface area contributed by atoms with Gasteiger partial charge in [0, 0.05) is 35.0 Å². The van der Waals surface area contributed by atoms with Crippen molar-refractivity contribution in [3.05, 3.63) is 44.9 Å². The zero-order chi connectivity index (χ0) is 14.1. The SMILES string of the molecule is Cc1cc(Cl)cc(C(=O)Nc2nc3c(s2)CNCC3)c1. The number of rotatable bonds is 2. The van der Waals surface area contributed by atoms with Crippen molar-refractivity contribution in [2.75, 3.05) is 11.9 Å². The molecule has 1 aliphatic heterocycles. The van der Waals surface area contributed by atoms with Crippen molar-refractivity contribution in [1.82, 2.24) is 10.3 Å². The summed E-state index contributed by atoms with van der Waals surface area (Å²) in [5.74, 6) is -0.172. The Bertz CT molecular complexity index is 625. The number of nitrogens with one attached hydrogen (secondary N) is 2. The minimum absolute atomic E-state index is 0.172. The highest BCUT2D eigenvalue weighted by Crippen LogP contribution is 2.26. The third-order valence-electron chi connectivity index (χ3n) is 3.13. The van der Waals surface area contributed by atoms with E-state index in [-0.39, 0.29) is 5.91 Å². The van der Waals surface area contributed by atoms with Crippen molar-refractivity contribution < 1.29 is 4.79 Å². The maximum Gasteiger partial charge on any atom is 0.257 e. The number of hydrogen-bond donors (Lipinski definition) is 2. The molecule has 0 unspecified atom stereocenters. The molecule has 1 aromatic carbocycles. The molecule has 0 saturated carbocycles. The van der Waals surface area contributed by atoms with Crippen LogP contribution < -0.4 is 10.6 Å². The van der Waals surface area contributed by atoms with Gasteiger partial charge in [-0.15, -0.1) is 11.3 Å². The van der Waals surface area contributed by atoms with E-state index in [0.29, 0.717) is 15.7 Å². The van der Waals surface area contributed by atoms with Crippen molar-refractivity contribution in [3.63, 3.8) is 0 Å². The summed E-state index contributed by atoms with van der Waals surface area (Å²) in [5.41, 5.74) is 2.61. The van der Waals surface area contributed by atoms with Crippen LogP contribution in [0.3, 0.4) is 0 Å². The molecule has 0 saturated heterocycles. The second kappa shape index (κ2) is 5.52. The predicted molar refractivity (Wildman–Crippen MR) is 81.7 cm³/mol. The molecule has 0 atom stereocenters. The van der Waals surface area contributed by atoms with E-state index in [9.17, 15) is 4.79 Å². The fraction of sp³-hybridized carbons (Fsp3) is 0.286. The summed E-state index contributed by atoms with van der Waals surface area (Å²) in [6, 6.07) is 5.31. The Hall–Kier alpha value is -1.43. The number of carbonyl (C=O) groups is 1. The van der Waals surface area contributed by atoms with Crippen LogP contribution in [-0.4, -0.2) is 17.4 Å². The van der Waals surface area contributed by atoms with E-state index in [4.69, 9.17) is 11.6 Å². The van der Waals surface area contributed by atoms with E-state index in [2.05, 4.69) is 15.6 Å². The standard InChI is InChI=1S/C14H14ClN3OS/c1-8-4-9(6-10(15)5-8)13(19)18-14-17-11-2-3-16-7-12(11)20-14/h4-6,16H,2-3,7H2,1H3,(H,17,18,19). The van der Waals surface area contributed by atoms with Crippen molar-refractivity contribution in [1.29, 1.82) is 0 Å². The highest BCUT2D eigenvalue weighted by molar-refractivity contribution is 7.15. The lowest BCUT2D eigenvalue weighted by Crippen LogP contribution is -2.22. The normalized spacial score (nSPS) is 13.9. The lowest BCUT2D eigenvalue weighted by molar-refractivity contribution is 0.102. The first-order valence-corrected chi connectivity index (χ1v) is 7.59. The summed E-state index contributed by atoms with van der Waals surface area (Å²) in [5, 5.41) is 7.37. The second-order valence-electron chi connectivity index (χ2n) is 4.79. The van der Waals surface area contributed by atoms with Crippen molar-refractivity contribution in [3.8, 4) is 0 Å². The first kappa shape index (κ1) is 13.5. The van der Waals surface area contributed by atoms with Gasteiger partial charge in [0.25, 0.3) is 5.91 Å². The first-order chi connectivity index (χ1) is 9.61. The molecular formula is C14H14ClN3OS. The molecule has 3 rings (SSSR count). The Labute approximate surface area is 126 Å². The van der Waals surface area contributed by atoms with Crippen LogP contribution in [0.4, 0.5) is 5.13 Å². The number of thiazole rings is 1. The topological polar surface area (TPSA) is 54.0 Å². The molecule has 6 heteroatoms. The Kier molecular flexibility index (Phi) is 3.74. The highest BCUT2D eigenvalue weighted by atomic mass is 35.5. The lowest BCUT2D eigenvalue weighted by atomic mass is 10.1. The van der Waals surface area contributed by atoms with Crippen LogP contribution in [0.15, 0.2) is 18.2 Å². The van der Waals surface area contributed by atoms with E-state index in [1.165, 1.54) is 16.2 Å². The van der Waals surface area contributed by atoms with E-state index in [0.717, 1.165) is 30.8 Å². The van der Waals surface area contributed by atoms with E-state index < -0.39 is 0 Å². The molecule has 0 aliphatic carbocycles. The number of amides is 1. The zero-order valence-corrected chi connectivity index (χ0v) is 12.6. The van der Waals surface area contributed by atoms with E-state index >= 15 is 0 Å². The zero-order valence-electron chi connectivity index (χ0n) is 11.0. The fourth-order valence-corrected chi connectivity index (χ4v) is 3.48. The molecule has 2 heterocycles. The van der Waals surface area contributed by atoms with E-state index in [1.807, 2.05) is 19.1 Å². The van der Waals surface area contributed by atoms with Gasteiger partial charge in [0.05, 0.1) is 5.69 Å². The average molecular weight is 308 g/mol. The monoisotopic (exact) mass is 307 g/mol. The molecule has 1 aromatic heterocycles.